The molecule has 2 aliphatic rings. The molecule has 0 aromatic carbocycles. The summed E-state index contributed by atoms with van der Waals surface area (Å²) >= 11 is 1.49. The van der Waals surface area contributed by atoms with Crippen LogP contribution < -0.4 is 5.32 Å². The Balaban J connectivity index is 1.57. The van der Waals surface area contributed by atoms with E-state index in [9.17, 15) is 4.79 Å². The van der Waals surface area contributed by atoms with E-state index in [4.69, 9.17) is 9.47 Å². The first kappa shape index (κ1) is 16.8. The van der Waals surface area contributed by atoms with Crippen LogP contribution in [0.5, 0.6) is 0 Å². The van der Waals surface area contributed by atoms with Crippen LogP contribution in [0.4, 0.5) is 5.13 Å². The van der Waals surface area contributed by atoms with Gasteiger partial charge in [0, 0.05) is 44.6 Å². The second-order valence-electron chi connectivity index (χ2n) is 6.32. The molecule has 6 nitrogen and oxygen atoms in total. The molecule has 0 bridgehead atoms. The van der Waals surface area contributed by atoms with Crippen LogP contribution in [0.15, 0.2) is 5.38 Å². The number of nitrogens with one attached hydrogen (secondary N) is 1. The topological polar surface area (TPSA) is 63.7 Å². The van der Waals surface area contributed by atoms with Crippen LogP contribution in [0.1, 0.15) is 31.9 Å². The first-order valence-electron chi connectivity index (χ1n) is 8.32. The zero-order valence-electron chi connectivity index (χ0n) is 13.6. The molecule has 1 unspecified atom stereocenters. The Bertz CT molecular complexity index is 516. The number of anilines is 1. The van der Waals surface area contributed by atoms with Gasteiger partial charge in [-0.15, -0.1) is 11.3 Å². The van der Waals surface area contributed by atoms with Gasteiger partial charge >= 0.3 is 0 Å². The maximum absolute atomic E-state index is 11.1. The van der Waals surface area contributed by atoms with Gasteiger partial charge < -0.3 is 14.8 Å². The Hall–Kier alpha value is -1.02. The van der Waals surface area contributed by atoms with Crippen molar-refractivity contribution in [2.24, 2.45) is 5.92 Å². The lowest BCUT2D eigenvalue weighted by atomic mass is 9.91. The van der Waals surface area contributed by atoms with Crippen LogP contribution in [0, 0.1) is 5.92 Å². The average molecular weight is 339 g/mol. The first-order valence-corrected chi connectivity index (χ1v) is 9.20. The van der Waals surface area contributed by atoms with Gasteiger partial charge in [-0.1, -0.05) is 0 Å². The molecule has 7 heteroatoms. The van der Waals surface area contributed by atoms with Crippen molar-refractivity contribution in [3.63, 3.8) is 0 Å². The van der Waals surface area contributed by atoms with E-state index in [1.807, 2.05) is 5.38 Å². The Morgan fingerprint density at radius 3 is 3.00 bits per heavy atom. The SMILES string of the molecule is CC(=O)Nc1nc(CN2CCOCC2CC2CCOCC2)cs1. The number of hydrogen-bond acceptors (Lipinski definition) is 6. The Morgan fingerprint density at radius 2 is 2.22 bits per heavy atom. The molecule has 23 heavy (non-hydrogen) atoms. The maximum Gasteiger partial charge on any atom is 0.223 e. The van der Waals surface area contributed by atoms with E-state index in [0.29, 0.717) is 11.2 Å². The molecule has 1 N–H and O–H groups in total. The summed E-state index contributed by atoms with van der Waals surface area (Å²) in [5, 5.41) is 5.47. The van der Waals surface area contributed by atoms with E-state index in [-0.39, 0.29) is 5.91 Å². The van der Waals surface area contributed by atoms with Crippen LogP contribution in [0.25, 0.3) is 0 Å². The number of aromatic nitrogens is 1. The highest BCUT2D eigenvalue weighted by atomic mass is 32.1. The maximum atomic E-state index is 11.1. The Kier molecular flexibility index (Phi) is 5.99. The molecule has 3 heterocycles. The van der Waals surface area contributed by atoms with Crippen molar-refractivity contribution in [3.8, 4) is 0 Å². The van der Waals surface area contributed by atoms with E-state index in [0.717, 1.165) is 64.0 Å². The van der Waals surface area contributed by atoms with E-state index in [1.54, 1.807) is 0 Å². The van der Waals surface area contributed by atoms with Gasteiger partial charge in [0.15, 0.2) is 5.13 Å². The number of morpholine rings is 1. The zero-order chi connectivity index (χ0) is 16.1. The van der Waals surface area contributed by atoms with Gasteiger partial charge in [0.05, 0.1) is 18.9 Å². The molecule has 128 valence electrons. The number of rotatable bonds is 5. The molecule has 1 aromatic rings. The number of carbonyl (C=O) groups excluding carboxylic acids is 1. The molecule has 0 aliphatic carbocycles. The molecule has 2 saturated heterocycles. The van der Waals surface area contributed by atoms with Gasteiger partial charge in [0.1, 0.15) is 0 Å². The van der Waals surface area contributed by atoms with Gasteiger partial charge in [-0.25, -0.2) is 4.98 Å². The number of thiazole rings is 1. The highest BCUT2D eigenvalue weighted by Crippen LogP contribution is 2.25. The Morgan fingerprint density at radius 1 is 1.39 bits per heavy atom. The molecule has 0 radical (unpaired) electrons. The van der Waals surface area contributed by atoms with Crippen LogP contribution in [-0.2, 0) is 20.8 Å². The molecule has 2 fully saturated rings. The quantitative estimate of drug-likeness (QED) is 0.890. The standard InChI is InChI=1S/C16H25N3O3S/c1-12(20)17-16-18-14(11-23-16)9-19-4-7-22-10-15(19)8-13-2-5-21-6-3-13/h11,13,15H,2-10H2,1H3,(H,17,18,20). The highest BCUT2D eigenvalue weighted by molar-refractivity contribution is 7.13. The fourth-order valence-corrected chi connectivity index (χ4v) is 4.02. The van der Waals surface area contributed by atoms with Crippen LogP contribution >= 0.6 is 11.3 Å². The number of nitrogens with zero attached hydrogens (tertiary/aromatic N) is 2. The van der Waals surface area contributed by atoms with Gasteiger partial charge in [-0.3, -0.25) is 9.69 Å². The summed E-state index contributed by atoms with van der Waals surface area (Å²) < 4.78 is 11.2. The number of hydrogen-bond donors (Lipinski definition) is 1. The fourth-order valence-electron chi connectivity index (χ4n) is 3.28. The van der Waals surface area contributed by atoms with E-state index < -0.39 is 0 Å². The number of amides is 1. The minimum Gasteiger partial charge on any atom is -0.381 e. The first-order chi connectivity index (χ1) is 11.2. The summed E-state index contributed by atoms with van der Waals surface area (Å²) in [4.78, 5) is 18.1. The lowest BCUT2D eigenvalue weighted by Gasteiger charge is -2.37. The van der Waals surface area contributed by atoms with Crippen molar-refractivity contribution < 1.29 is 14.3 Å². The molecule has 3 rings (SSSR count). The van der Waals surface area contributed by atoms with E-state index in [2.05, 4.69) is 15.2 Å². The molecular formula is C16H25N3O3S. The van der Waals surface area contributed by atoms with E-state index in [1.165, 1.54) is 24.7 Å². The monoisotopic (exact) mass is 339 g/mol. The van der Waals surface area contributed by atoms with Gasteiger partial charge in [0.2, 0.25) is 5.91 Å². The van der Waals surface area contributed by atoms with Crippen LogP contribution in [-0.4, -0.2) is 54.8 Å². The molecule has 0 saturated carbocycles. The van der Waals surface area contributed by atoms with Gasteiger partial charge in [-0.05, 0) is 25.2 Å². The van der Waals surface area contributed by atoms with E-state index >= 15 is 0 Å². The summed E-state index contributed by atoms with van der Waals surface area (Å²) in [5.41, 5.74) is 1.03. The highest BCUT2D eigenvalue weighted by Gasteiger charge is 2.27. The van der Waals surface area contributed by atoms with Crippen LogP contribution in [0.2, 0.25) is 0 Å². The van der Waals surface area contributed by atoms with Crippen molar-refractivity contribution in [2.75, 3.05) is 38.3 Å². The van der Waals surface area contributed by atoms with Crippen molar-refractivity contribution in [2.45, 2.75) is 38.8 Å². The second kappa shape index (κ2) is 8.19. The smallest absolute Gasteiger partial charge is 0.223 e. The molecular weight excluding hydrogens is 314 g/mol. The number of carbonyl (C=O) groups is 1. The van der Waals surface area contributed by atoms with Gasteiger partial charge in [0.25, 0.3) is 0 Å². The Labute approximate surface area is 141 Å². The third-order valence-electron chi connectivity index (χ3n) is 4.50. The van der Waals surface area contributed by atoms with Crippen LogP contribution in [0.3, 0.4) is 0 Å². The molecule has 1 amide bonds. The zero-order valence-corrected chi connectivity index (χ0v) is 14.4. The van der Waals surface area contributed by atoms with Crippen molar-refractivity contribution in [3.05, 3.63) is 11.1 Å². The lowest BCUT2D eigenvalue weighted by Crippen LogP contribution is -2.46. The normalized spacial score (nSPS) is 23.8. The van der Waals surface area contributed by atoms with Crippen molar-refractivity contribution in [1.29, 1.82) is 0 Å². The summed E-state index contributed by atoms with van der Waals surface area (Å²) in [6.07, 6.45) is 3.49. The lowest BCUT2D eigenvalue weighted by molar-refractivity contribution is -0.114. The summed E-state index contributed by atoms with van der Waals surface area (Å²) in [5.74, 6) is 0.665. The minimum absolute atomic E-state index is 0.0744. The molecule has 1 atom stereocenters. The predicted octanol–water partition coefficient (Wildman–Crippen LogP) is 2.12. The summed E-state index contributed by atoms with van der Waals surface area (Å²) in [7, 11) is 0. The molecule has 2 aliphatic heterocycles. The molecule has 0 spiro atoms. The van der Waals surface area contributed by atoms with Crippen molar-refractivity contribution in [1.82, 2.24) is 9.88 Å². The average Bonchev–Trinajstić information content (AvgIpc) is 2.96. The summed E-state index contributed by atoms with van der Waals surface area (Å²) in [6.45, 7) is 6.66. The summed E-state index contributed by atoms with van der Waals surface area (Å²) in [6, 6.07) is 0.456. The van der Waals surface area contributed by atoms with Crippen molar-refractivity contribution >= 4 is 22.4 Å². The third-order valence-corrected chi connectivity index (χ3v) is 5.30. The second-order valence-corrected chi connectivity index (χ2v) is 7.17. The molecule has 1 aromatic heterocycles. The largest absolute Gasteiger partial charge is 0.381 e. The number of ether oxygens (including phenoxy) is 2. The van der Waals surface area contributed by atoms with Gasteiger partial charge in [-0.2, -0.15) is 0 Å². The third kappa shape index (κ3) is 4.97. The predicted molar refractivity (Wildman–Crippen MR) is 89.6 cm³/mol. The fraction of sp³-hybridized carbons (Fsp3) is 0.750. The minimum atomic E-state index is -0.0744.